The molecule has 0 heterocycles. The van der Waals surface area contributed by atoms with Crippen LogP contribution in [-0.2, 0) is 28.6 Å². The summed E-state index contributed by atoms with van der Waals surface area (Å²) in [5.74, 6) is -0.956. The molecule has 0 rings (SSSR count). The molecule has 0 fully saturated rings. The Labute approximate surface area is 419 Å². The van der Waals surface area contributed by atoms with Crippen LogP contribution in [0.1, 0.15) is 245 Å². The summed E-state index contributed by atoms with van der Waals surface area (Å²) in [6, 6.07) is 0. The van der Waals surface area contributed by atoms with Crippen LogP contribution in [0.15, 0.2) is 109 Å². The molecule has 0 aromatic carbocycles. The van der Waals surface area contributed by atoms with Crippen LogP contribution in [0.5, 0.6) is 0 Å². The average Bonchev–Trinajstić information content (AvgIpc) is 3.34. The molecular formula is C62H102O6. The fourth-order valence-corrected chi connectivity index (χ4v) is 7.28. The molecule has 0 amide bonds. The van der Waals surface area contributed by atoms with Crippen molar-refractivity contribution >= 4 is 17.9 Å². The van der Waals surface area contributed by atoms with Crippen LogP contribution in [-0.4, -0.2) is 37.2 Å². The van der Waals surface area contributed by atoms with Gasteiger partial charge in [0.2, 0.25) is 0 Å². The second kappa shape index (κ2) is 55.7. The summed E-state index contributed by atoms with van der Waals surface area (Å²) in [5, 5.41) is 0. The first-order valence-electron chi connectivity index (χ1n) is 27.9. The number of hydrogen-bond acceptors (Lipinski definition) is 6. The minimum Gasteiger partial charge on any atom is -0.462 e. The minimum atomic E-state index is -0.804. The number of ether oxygens (including phenoxy) is 3. The highest BCUT2D eigenvalue weighted by Crippen LogP contribution is 2.14. The molecule has 6 heteroatoms. The van der Waals surface area contributed by atoms with Crippen molar-refractivity contribution in [1.29, 1.82) is 0 Å². The number of carbonyl (C=O) groups is 3. The molecule has 0 aliphatic rings. The number of allylic oxidation sites excluding steroid dienone is 18. The predicted octanol–water partition coefficient (Wildman–Crippen LogP) is 18.7. The highest BCUT2D eigenvalue weighted by atomic mass is 16.6. The Kier molecular flexibility index (Phi) is 52.4. The van der Waals surface area contributed by atoms with Gasteiger partial charge in [0.25, 0.3) is 0 Å². The van der Waals surface area contributed by atoms with E-state index in [9.17, 15) is 14.4 Å². The molecule has 0 saturated heterocycles. The molecule has 0 aliphatic carbocycles. The molecular weight excluding hydrogens is 841 g/mol. The Balaban J connectivity index is 4.49. The van der Waals surface area contributed by atoms with Gasteiger partial charge in [-0.2, -0.15) is 0 Å². The molecule has 68 heavy (non-hydrogen) atoms. The van der Waals surface area contributed by atoms with E-state index < -0.39 is 6.10 Å². The van der Waals surface area contributed by atoms with Crippen molar-refractivity contribution in [3.63, 3.8) is 0 Å². The van der Waals surface area contributed by atoms with E-state index in [1.54, 1.807) is 0 Å². The predicted molar refractivity (Wildman–Crippen MR) is 293 cm³/mol. The zero-order valence-corrected chi connectivity index (χ0v) is 44.1. The van der Waals surface area contributed by atoms with Gasteiger partial charge in [0.05, 0.1) is 0 Å². The van der Waals surface area contributed by atoms with Crippen molar-refractivity contribution in [2.45, 2.75) is 252 Å². The van der Waals surface area contributed by atoms with E-state index in [-0.39, 0.29) is 31.1 Å². The third-order valence-electron chi connectivity index (χ3n) is 11.5. The standard InChI is InChI=1S/C62H102O6/c1-4-7-10-13-16-19-22-25-28-30-31-33-34-37-40-43-46-49-52-55-61(64)67-58-59(57-66-60(63)54-51-48-45-42-39-36-27-24-21-18-15-12-9-6-3)68-62(65)56-53-50-47-44-41-38-35-32-29-26-23-20-17-14-11-8-5-2/h7,10,15-20,24-29,31,33,37,40,59H,4-6,8-9,11-14,21-23,30,32,34-36,38-39,41-58H2,1-3H3/b10-7-,18-15-,19-16-,20-17-,27-24-,28-25-,29-26-,33-31-,40-37-. The molecule has 0 bridgehead atoms. The fraction of sp³-hybridized carbons (Fsp3) is 0.661. The minimum absolute atomic E-state index is 0.101. The zero-order valence-electron chi connectivity index (χ0n) is 44.1. The van der Waals surface area contributed by atoms with E-state index in [4.69, 9.17) is 14.2 Å². The number of hydrogen-bond donors (Lipinski definition) is 0. The molecule has 386 valence electrons. The first kappa shape index (κ1) is 64.1. The maximum atomic E-state index is 12.8. The largest absolute Gasteiger partial charge is 0.462 e. The molecule has 0 radical (unpaired) electrons. The van der Waals surface area contributed by atoms with Crippen molar-refractivity contribution in [2.24, 2.45) is 0 Å². The summed E-state index contributed by atoms with van der Waals surface area (Å²) < 4.78 is 16.8. The Bertz CT molecular complexity index is 1410. The van der Waals surface area contributed by atoms with Gasteiger partial charge in [-0.05, 0) is 122 Å². The topological polar surface area (TPSA) is 78.9 Å². The Morgan fingerprint density at radius 3 is 0.956 bits per heavy atom. The lowest BCUT2D eigenvalue weighted by Crippen LogP contribution is -2.30. The van der Waals surface area contributed by atoms with Crippen LogP contribution in [0.2, 0.25) is 0 Å². The molecule has 0 spiro atoms. The first-order valence-corrected chi connectivity index (χ1v) is 27.9. The van der Waals surface area contributed by atoms with Gasteiger partial charge < -0.3 is 14.2 Å². The lowest BCUT2D eigenvalue weighted by atomic mass is 10.1. The molecule has 0 aromatic heterocycles. The van der Waals surface area contributed by atoms with Crippen molar-refractivity contribution in [3.8, 4) is 0 Å². The molecule has 1 unspecified atom stereocenters. The van der Waals surface area contributed by atoms with Crippen LogP contribution in [0, 0.1) is 0 Å². The van der Waals surface area contributed by atoms with Gasteiger partial charge in [-0.1, -0.05) is 214 Å². The summed E-state index contributed by atoms with van der Waals surface area (Å²) in [6.07, 6.45) is 75.0. The lowest BCUT2D eigenvalue weighted by Gasteiger charge is -2.18. The highest BCUT2D eigenvalue weighted by molar-refractivity contribution is 5.71. The second-order valence-electron chi connectivity index (χ2n) is 18.1. The molecule has 6 nitrogen and oxygen atoms in total. The van der Waals surface area contributed by atoms with Gasteiger partial charge in [-0.25, -0.2) is 0 Å². The van der Waals surface area contributed by atoms with Gasteiger partial charge in [0.1, 0.15) is 13.2 Å². The van der Waals surface area contributed by atoms with Crippen LogP contribution < -0.4 is 0 Å². The summed E-state index contributed by atoms with van der Waals surface area (Å²) in [6.45, 7) is 6.41. The van der Waals surface area contributed by atoms with E-state index in [1.165, 1.54) is 70.6 Å². The quantitative estimate of drug-likeness (QED) is 0.0262. The van der Waals surface area contributed by atoms with Gasteiger partial charge in [0, 0.05) is 19.3 Å². The van der Waals surface area contributed by atoms with Crippen molar-refractivity contribution < 1.29 is 28.6 Å². The lowest BCUT2D eigenvalue weighted by molar-refractivity contribution is -0.167. The normalized spacial score (nSPS) is 12.9. The Hall–Kier alpha value is -3.93. The summed E-state index contributed by atoms with van der Waals surface area (Å²) in [4.78, 5) is 38.1. The summed E-state index contributed by atoms with van der Waals surface area (Å²) in [5.41, 5.74) is 0. The summed E-state index contributed by atoms with van der Waals surface area (Å²) in [7, 11) is 0. The third-order valence-corrected chi connectivity index (χ3v) is 11.5. The van der Waals surface area contributed by atoms with E-state index >= 15 is 0 Å². The van der Waals surface area contributed by atoms with E-state index in [2.05, 4.69) is 130 Å². The Morgan fingerprint density at radius 2 is 0.588 bits per heavy atom. The molecule has 0 aromatic rings. The number of unbranched alkanes of at least 4 members (excludes halogenated alkanes) is 20. The molecule has 0 N–H and O–H groups in total. The van der Waals surface area contributed by atoms with Crippen molar-refractivity contribution in [2.75, 3.05) is 13.2 Å². The monoisotopic (exact) mass is 943 g/mol. The highest BCUT2D eigenvalue weighted by Gasteiger charge is 2.19. The first-order chi connectivity index (χ1) is 33.5. The molecule has 0 aliphatic heterocycles. The van der Waals surface area contributed by atoms with Crippen molar-refractivity contribution in [3.05, 3.63) is 109 Å². The smallest absolute Gasteiger partial charge is 0.306 e. The number of rotatable bonds is 49. The fourth-order valence-electron chi connectivity index (χ4n) is 7.28. The third kappa shape index (κ3) is 53.0. The van der Waals surface area contributed by atoms with Crippen LogP contribution in [0.4, 0.5) is 0 Å². The SMILES string of the molecule is CC/C=C\C/C=C\C/C=C\C/C=C\C/C=C\CCCCCC(=O)OCC(COC(=O)CCCCCCC/C=C\C/C=C\CCCC)OC(=O)CCCCCCCCC/C=C\C/C=C\CCCCC. The molecule has 1 atom stereocenters. The Morgan fingerprint density at radius 1 is 0.309 bits per heavy atom. The van der Waals surface area contributed by atoms with Crippen molar-refractivity contribution in [1.82, 2.24) is 0 Å². The van der Waals surface area contributed by atoms with Gasteiger partial charge in [-0.15, -0.1) is 0 Å². The van der Waals surface area contributed by atoms with Crippen LogP contribution in [0.3, 0.4) is 0 Å². The van der Waals surface area contributed by atoms with E-state index in [1.807, 2.05) is 0 Å². The van der Waals surface area contributed by atoms with Gasteiger partial charge in [-0.3, -0.25) is 14.4 Å². The second-order valence-corrected chi connectivity index (χ2v) is 18.1. The van der Waals surface area contributed by atoms with Crippen LogP contribution >= 0.6 is 0 Å². The maximum absolute atomic E-state index is 12.8. The molecule has 0 saturated carbocycles. The van der Waals surface area contributed by atoms with Crippen LogP contribution in [0.25, 0.3) is 0 Å². The van der Waals surface area contributed by atoms with E-state index in [0.29, 0.717) is 19.3 Å². The maximum Gasteiger partial charge on any atom is 0.306 e. The average molecular weight is 943 g/mol. The zero-order chi connectivity index (χ0) is 49.3. The van der Waals surface area contributed by atoms with Gasteiger partial charge in [0.15, 0.2) is 6.10 Å². The van der Waals surface area contributed by atoms with E-state index in [0.717, 1.165) is 135 Å². The number of esters is 3. The number of carbonyl (C=O) groups excluding carboxylic acids is 3. The van der Waals surface area contributed by atoms with Gasteiger partial charge >= 0.3 is 17.9 Å². The summed E-state index contributed by atoms with van der Waals surface area (Å²) >= 11 is 0.